The number of aromatic nitrogens is 2. The molecule has 0 spiro atoms. The van der Waals surface area contributed by atoms with Gasteiger partial charge in [0.2, 0.25) is 5.95 Å². The third-order valence-corrected chi connectivity index (χ3v) is 3.30. The van der Waals surface area contributed by atoms with Crippen LogP contribution in [-0.4, -0.2) is 28.6 Å². The minimum absolute atomic E-state index is 0.231. The van der Waals surface area contributed by atoms with Crippen molar-refractivity contribution in [1.29, 1.82) is 0 Å². The number of aryl methyl sites for hydroxylation is 1. The summed E-state index contributed by atoms with van der Waals surface area (Å²) >= 11 is 0. The van der Waals surface area contributed by atoms with Crippen molar-refractivity contribution < 1.29 is 9.53 Å². The molecule has 0 atom stereocenters. The van der Waals surface area contributed by atoms with Crippen molar-refractivity contribution in [2.45, 2.75) is 19.9 Å². The van der Waals surface area contributed by atoms with Crippen molar-refractivity contribution in [1.82, 2.24) is 9.55 Å². The van der Waals surface area contributed by atoms with E-state index in [2.05, 4.69) is 15.6 Å². The average molecular weight is 286 g/mol. The molecule has 1 aromatic heterocycles. The summed E-state index contributed by atoms with van der Waals surface area (Å²) in [7, 11) is 0. The topological polar surface area (TPSA) is 68.2 Å². The minimum atomic E-state index is -0.231. The first-order chi connectivity index (χ1) is 10.3. The number of nitrogens with one attached hydrogen (secondary N) is 2. The molecule has 0 unspecified atom stereocenters. The Kier molecular flexibility index (Phi) is 3.77. The second kappa shape index (κ2) is 5.87. The Bertz CT molecular complexity index is 627. The lowest BCUT2D eigenvalue weighted by Crippen LogP contribution is -2.16. The average Bonchev–Trinajstić information content (AvgIpc) is 2.93. The Morgan fingerprint density at radius 2 is 2.33 bits per heavy atom. The maximum absolute atomic E-state index is 12.3. The predicted octanol–water partition coefficient (Wildman–Crippen LogP) is 2.35. The number of anilines is 2. The van der Waals surface area contributed by atoms with Gasteiger partial charge in [0.05, 0.1) is 12.3 Å². The lowest BCUT2D eigenvalue weighted by atomic mass is 10.3. The lowest BCUT2D eigenvalue weighted by molar-refractivity contribution is 0.102. The van der Waals surface area contributed by atoms with Crippen molar-refractivity contribution in [3.63, 3.8) is 0 Å². The molecule has 0 bridgehead atoms. The van der Waals surface area contributed by atoms with Crippen molar-refractivity contribution in [2.75, 3.05) is 23.8 Å². The number of amides is 1. The zero-order valence-electron chi connectivity index (χ0n) is 11.9. The van der Waals surface area contributed by atoms with Gasteiger partial charge in [-0.1, -0.05) is 12.1 Å². The molecule has 1 amide bonds. The van der Waals surface area contributed by atoms with E-state index in [-0.39, 0.29) is 5.91 Å². The van der Waals surface area contributed by atoms with Gasteiger partial charge in [-0.2, -0.15) is 0 Å². The molecule has 1 aliphatic rings. The molecule has 110 valence electrons. The molecule has 2 aromatic rings. The van der Waals surface area contributed by atoms with Gasteiger partial charge in [0.15, 0.2) is 0 Å². The van der Waals surface area contributed by atoms with Gasteiger partial charge in [-0.25, -0.2) is 4.98 Å². The van der Waals surface area contributed by atoms with Gasteiger partial charge in [0.25, 0.3) is 5.91 Å². The number of carbonyl (C=O) groups is 1. The molecular weight excluding hydrogens is 268 g/mol. The predicted molar refractivity (Wildman–Crippen MR) is 80.9 cm³/mol. The standard InChI is InChI=1S/C15H18N4O2/c1-2-21-13-7-4-3-6-11(13)17-14(20)12-10-19-9-5-8-16-15(19)18-12/h3-4,6-7,10H,2,5,8-9H2,1H3,(H,16,18)(H,17,20). The van der Waals surface area contributed by atoms with Gasteiger partial charge < -0.3 is 19.9 Å². The molecule has 0 fully saturated rings. The van der Waals surface area contributed by atoms with E-state index >= 15 is 0 Å². The van der Waals surface area contributed by atoms with E-state index < -0.39 is 0 Å². The van der Waals surface area contributed by atoms with Crippen LogP contribution in [0, 0.1) is 0 Å². The van der Waals surface area contributed by atoms with Crippen LogP contribution >= 0.6 is 0 Å². The van der Waals surface area contributed by atoms with E-state index in [4.69, 9.17) is 4.74 Å². The number of hydrogen-bond acceptors (Lipinski definition) is 4. The van der Waals surface area contributed by atoms with Crippen molar-refractivity contribution in [2.24, 2.45) is 0 Å². The highest BCUT2D eigenvalue weighted by Gasteiger charge is 2.17. The number of nitrogens with zero attached hydrogens (tertiary/aromatic N) is 2. The Morgan fingerprint density at radius 3 is 3.14 bits per heavy atom. The molecule has 3 rings (SSSR count). The Labute approximate surface area is 123 Å². The molecule has 0 radical (unpaired) electrons. The summed E-state index contributed by atoms with van der Waals surface area (Å²) in [6.07, 6.45) is 2.82. The number of ether oxygens (including phenoxy) is 1. The van der Waals surface area contributed by atoms with Crippen LogP contribution in [0.15, 0.2) is 30.5 Å². The molecule has 6 nitrogen and oxygen atoms in total. The molecule has 2 heterocycles. The number of rotatable bonds is 4. The van der Waals surface area contributed by atoms with E-state index in [1.807, 2.05) is 35.8 Å². The maximum atomic E-state index is 12.3. The van der Waals surface area contributed by atoms with Crippen LogP contribution < -0.4 is 15.4 Å². The lowest BCUT2D eigenvalue weighted by Gasteiger charge is -2.14. The van der Waals surface area contributed by atoms with Crippen LogP contribution in [-0.2, 0) is 6.54 Å². The summed E-state index contributed by atoms with van der Waals surface area (Å²) in [5, 5.41) is 6.03. The fraction of sp³-hybridized carbons (Fsp3) is 0.333. The molecular formula is C15H18N4O2. The number of hydrogen-bond donors (Lipinski definition) is 2. The second-order valence-electron chi connectivity index (χ2n) is 4.81. The first-order valence-corrected chi connectivity index (χ1v) is 7.12. The van der Waals surface area contributed by atoms with Crippen molar-refractivity contribution >= 4 is 17.5 Å². The summed E-state index contributed by atoms with van der Waals surface area (Å²) in [5.74, 6) is 1.19. The van der Waals surface area contributed by atoms with Crippen LogP contribution in [0.3, 0.4) is 0 Å². The monoisotopic (exact) mass is 286 g/mol. The number of fused-ring (bicyclic) bond motifs is 1. The fourth-order valence-corrected chi connectivity index (χ4v) is 2.32. The van der Waals surface area contributed by atoms with E-state index in [9.17, 15) is 4.79 Å². The molecule has 1 aliphatic heterocycles. The number of para-hydroxylation sites is 2. The normalized spacial score (nSPS) is 13.2. The van der Waals surface area contributed by atoms with E-state index in [0.717, 1.165) is 25.5 Å². The molecule has 0 saturated carbocycles. The summed E-state index contributed by atoms with van der Waals surface area (Å²) < 4.78 is 7.47. The maximum Gasteiger partial charge on any atom is 0.276 e. The SMILES string of the molecule is CCOc1ccccc1NC(=O)c1cn2c(n1)NCCC2. The van der Waals surface area contributed by atoms with Gasteiger partial charge in [-0.15, -0.1) is 0 Å². The minimum Gasteiger partial charge on any atom is -0.492 e. The van der Waals surface area contributed by atoms with Crippen LogP contribution in [0.25, 0.3) is 0 Å². The molecule has 21 heavy (non-hydrogen) atoms. The summed E-state index contributed by atoms with van der Waals surface area (Å²) in [6.45, 7) is 4.24. The molecule has 2 N–H and O–H groups in total. The van der Waals surface area contributed by atoms with Crippen molar-refractivity contribution in [3.05, 3.63) is 36.2 Å². The zero-order chi connectivity index (χ0) is 14.7. The highest BCUT2D eigenvalue weighted by atomic mass is 16.5. The van der Waals surface area contributed by atoms with E-state index in [0.29, 0.717) is 23.7 Å². The quantitative estimate of drug-likeness (QED) is 0.905. The smallest absolute Gasteiger partial charge is 0.276 e. The first-order valence-electron chi connectivity index (χ1n) is 7.12. The number of benzene rings is 1. The van der Waals surface area contributed by atoms with Crippen molar-refractivity contribution in [3.8, 4) is 5.75 Å². The number of imidazole rings is 1. The Hall–Kier alpha value is -2.50. The van der Waals surface area contributed by atoms with Gasteiger partial charge in [0, 0.05) is 19.3 Å². The zero-order valence-corrected chi connectivity index (χ0v) is 11.9. The molecule has 0 saturated heterocycles. The van der Waals surface area contributed by atoms with E-state index in [1.165, 1.54) is 0 Å². The molecule has 0 aliphatic carbocycles. The van der Waals surface area contributed by atoms with Gasteiger partial charge in [-0.05, 0) is 25.5 Å². The van der Waals surface area contributed by atoms with Crippen LogP contribution in [0.4, 0.5) is 11.6 Å². The summed E-state index contributed by atoms with van der Waals surface area (Å²) in [4.78, 5) is 16.6. The van der Waals surface area contributed by atoms with Gasteiger partial charge in [0.1, 0.15) is 11.4 Å². The van der Waals surface area contributed by atoms with Gasteiger partial charge >= 0.3 is 0 Å². The molecule has 6 heteroatoms. The highest BCUT2D eigenvalue weighted by molar-refractivity contribution is 6.03. The Morgan fingerprint density at radius 1 is 1.48 bits per heavy atom. The van der Waals surface area contributed by atoms with Crippen LogP contribution in [0.2, 0.25) is 0 Å². The summed E-state index contributed by atoms with van der Waals surface area (Å²) in [5.41, 5.74) is 1.06. The fourth-order valence-electron chi connectivity index (χ4n) is 2.32. The third kappa shape index (κ3) is 2.84. The second-order valence-corrected chi connectivity index (χ2v) is 4.81. The third-order valence-electron chi connectivity index (χ3n) is 3.30. The van der Waals surface area contributed by atoms with Crippen LogP contribution in [0.5, 0.6) is 5.75 Å². The number of carbonyl (C=O) groups excluding carboxylic acids is 1. The van der Waals surface area contributed by atoms with Gasteiger partial charge in [-0.3, -0.25) is 4.79 Å². The van der Waals surface area contributed by atoms with E-state index in [1.54, 1.807) is 6.20 Å². The largest absolute Gasteiger partial charge is 0.492 e. The highest BCUT2D eigenvalue weighted by Crippen LogP contribution is 2.24. The van der Waals surface area contributed by atoms with Crippen LogP contribution in [0.1, 0.15) is 23.8 Å². The summed E-state index contributed by atoms with van der Waals surface area (Å²) in [6, 6.07) is 7.38. The first kappa shape index (κ1) is 13.5. The molecule has 1 aromatic carbocycles. The Balaban J connectivity index is 1.78.